The highest BCUT2D eigenvalue weighted by Gasteiger charge is 2.53. The highest BCUT2D eigenvalue weighted by atomic mass is 32.2. The maximum Gasteiger partial charge on any atom is 0.511 e. The molecule has 0 aliphatic rings. The van der Waals surface area contributed by atoms with Crippen molar-refractivity contribution < 1.29 is 31.1 Å². The largest absolute Gasteiger partial charge is 0.511 e. The molecule has 0 fully saturated rings. The van der Waals surface area contributed by atoms with Gasteiger partial charge in [-0.3, -0.25) is 0 Å². The molecule has 30 heavy (non-hydrogen) atoms. The van der Waals surface area contributed by atoms with Gasteiger partial charge >= 0.3 is 15.5 Å². The Balaban J connectivity index is 2.72. The van der Waals surface area contributed by atoms with E-state index in [2.05, 4.69) is 0 Å². The van der Waals surface area contributed by atoms with Gasteiger partial charge in [0.15, 0.2) is 8.32 Å². The zero-order chi connectivity index (χ0) is 22.8. The zero-order valence-corrected chi connectivity index (χ0v) is 19.0. The van der Waals surface area contributed by atoms with E-state index in [9.17, 15) is 26.7 Å². The molecule has 0 aliphatic heterocycles. The summed E-state index contributed by atoms with van der Waals surface area (Å²) in [7, 11) is -8.08. The van der Waals surface area contributed by atoms with Gasteiger partial charge in [0.25, 0.3) is 0 Å². The van der Waals surface area contributed by atoms with Gasteiger partial charge in [-0.2, -0.15) is 17.9 Å². The molecule has 2 rings (SSSR count). The summed E-state index contributed by atoms with van der Waals surface area (Å²) in [5.41, 5.74) is -7.20. The van der Waals surface area contributed by atoms with Crippen LogP contribution in [0.15, 0.2) is 60.7 Å². The molecule has 0 aromatic heterocycles. The van der Waals surface area contributed by atoms with Gasteiger partial charge in [0.2, 0.25) is 0 Å². The number of alkyl halides is 3. The monoisotopic (exact) mass is 461 g/mol. The van der Waals surface area contributed by atoms with Crippen LogP contribution in [0.4, 0.5) is 13.2 Å². The van der Waals surface area contributed by atoms with Crippen LogP contribution < -0.4 is 4.72 Å². The van der Waals surface area contributed by atoms with Crippen LogP contribution in [0.25, 0.3) is 0 Å². The molecule has 0 saturated carbocycles. The van der Waals surface area contributed by atoms with Crippen molar-refractivity contribution in [1.29, 1.82) is 0 Å². The molecule has 2 aromatic carbocycles. The first kappa shape index (κ1) is 24.5. The summed E-state index contributed by atoms with van der Waals surface area (Å²) in [6.07, 6.45) is -1.07. The van der Waals surface area contributed by atoms with Crippen molar-refractivity contribution in [3.8, 4) is 0 Å². The van der Waals surface area contributed by atoms with Gasteiger partial charge in [0.1, 0.15) is 5.60 Å². The summed E-state index contributed by atoms with van der Waals surface area (Å²) in [4.78, 5) is 0. The minimum Gasteiger partial charge on any atom is -0.413 e. The third-order valence-electron chi connectivity index (χ3n) is 4.47. The van der Waals surface area contributed by atoms with Crippen molar-refractivity contribution in [1.82, 2.24) is 4.72 Å². The number of sulfonamides is 1. The van der Waals surface area contributed by atoms with E-state index in [4.69, 9.17) is 4.43 Å². The molecule has 0 spiro atoms. The van der Waals surface area contributed by atoms with Crippen LogP contribution in [0.1, 0.15) is 18.1 Å². The van der Waals surface area contributed by atoms with Crippen molar-refractivity contribution >= 4 is 18.3 Å². The predicted molar refractivity (Wildman–Crippen MR) is 112 cm³/mol. The van der Waals surface area contributed by atoms with Gasteiger partial charge < -0.3 is 9.53 Å². The molecule has 2 unspecified atom stereocenters. The van der Waals surface area contributed by atoms with Crippen LogP contribution in [0.5, 0.6) is 0 Å². The van der Waals surface area contributed by atoms with Gasteiger partial charge in [-0.15, -0.1) is 0 Å². The summed E-state index contributed by atoms with van der Waals surface area (Å²) in [5, 5.41) is 11.9. The lowest BCUT2D eigenvalue weighted by Crippen LogP contribution is -2.60. The van der Waals surface area contributed by atoms with E-state index in [1.165, 1.54) is 31.2 Å². The van der Waals surface area contributed by atoms with Crippen molar-refractivity contribution in [3.05, 3.63) is 71.8 Å². The van der Waals surface area contributed by atoms with Crippen LogP contribution in [-0.4, -0.2) is 39.5 Å². The predicted octanol–water partition coefficient (Wildman–Crippen LogP) is 3.97. The SMILES string of the molecule is CC(O[Si](C)(C)C)C(NS(=O)(=O)C(F)(F)F)C(O)(c1ccccc1)c1ccccc1. The number of nitrogens with one attached hydrogen (secondary N) is 1. The van der Waals surface area contributed by atoms with E-state index >= 15 is 0 Å². The van der Waals surface area contributed by atoms with Crippen molar-refractivity contribution in [2.24, 2.45) is 0 Å². The Labute approximate surface area is 176 Å². The smallest absolute Gasteiger partial charge is 0.413 e. The lowest BCUT2D eigenvalue weighted by atomic mass is 9.78. The fourth-order valence-electron chi connectivity index (χ4n) is 3.29. The van der Waals surface area contributed by atoms with Crippen LogP contribution in [0.2, 0.25) is 19.6 Å². The maximum atomic E-state index is 13.2. The van der Waals surface area contributed by atoms with Gasteiger partial charge in [-0.25, -0.2) is 8.42 Å². The third kappa shape index (κ3) is 5.49. The molecular formula is C20H26F3NO4SSi. The van der Waals surface area contributed by atoms with E-state index in [1.807, 2.05) is 19.6 Å². The second-order valence-corrected chi connectivity index (χ2v) is 14.1. The fraction of sp³-hybridized carbons (Fsp3) is 0.400. The van der Waals surface area contributed by atoms with Crippen LogP contribution in [-0.2, 0) is 20.1 Å². The number of benzene rings is 2. The third-order valence-corrected chi connectivity index (χ3v) is 6.73. The topological polar surface area (TPSA) is 75.6 Å². The van der Waals surface area contributed by atoms with Crippen molar-refractivity contribution in [2.45, 2.75) is 49.8 Å². The number of hydrogen-bond acceptors (Lipinski definition) is 4. The molecular weight excluding hydrogens is 435 g/mol. The second kappa shape index (κ2) is 8.79. The van der Waals surface area contributed by atoms with Crippen molar-refractivity contribution in [2.75, 3.05) is 0 Å². The van der Waals surface area contributed by atoms with Gasteiger partial charge in [0, 0.05) is 0 Å². The molecule has 0 saturated heterocycles. The molecule has 0 radical (unpaired) electrons. The molecule has 2 atom stereocenters. The molecule has 0 aliphatic carbocycles. The second-order valence-electron chi connectivity index (χ2n) is 7.98. The van der Waals surface area contributed by atoms with E-state index in [-0.39, 0.29) is 11.1 Å². The highest BCUT2D eigenvalue weighted by molar-refractivity contribution is 7.90. The Kier molecular flexibility index (Phi) is 7.20. The Morgan fingerprint density at radius 3 is 1.67 bits per heavy atom. The molecule has 10 heteroatoms. The first-order valence-electron chi connectivity index (χ1n) is 9.28. The van der Waals surface area contributed by atoms with E-state index in [0.29, 0.717) is 0 Å². The quantitative estimate of drug-likeness (QED) is 0.584. The molecule has 0 amide bonds. The normalized spacial score (nSPS) is 15.6. The zero-order valence-electron chi connectivity index (χ0n) is 17.1. The molecule has 2 aromatic rings. The van der Waals surface area contributed by atoms with E-state index in [1.54, 1.807) is 41.1 Å². The van der Waals surface area contributed by atoms with E-state index < -0.39 is 41.6 Å². The summed E-state index contributed by atoms with van der Waals surface area (Å²) >= 11 is 0. The lowest BCUT2D eigenvalue weighted by molar-refractivity contribution is -0.0487. The summed E-state index contributed by atoms with van der Waals surface area (Å²) in [5.74, 6) is 0. The van der Waals surface area contributed by atoms with Crippen LogP contribution >= 0.6 is 0 Å². The summed E-state index contributed by atoms with van der Waals surface area (Å²) < 4.78 is 71.4. The Morgan fingerprint density at radius 1 is 0.933 bits per heavy atom. The molecule has 166 valence electrons. The summed E-state index contributed by atoms with van der Waals surface area (Å²) in [6.45, 7) is 6.92. The standard InChI is InChI=1S/C20H26F3NO4SSi/c1-15(28-30(2,3)4)18(24-29(26,27)20(21,22)23)19(25,16-11-7-5-8-12-16)17-13-9-6-10-14-17/h5-15,18,24-25H,1-4H3. The van der Waals surface area contributed by atoms with Gasteiger partial charge in [-0.1, -0.05) is 60.7 Å². The number of hydrogen-bond donors (Lipinski definition) is 2. The Bertz CT molecular complexity index is 893. The highest BCUT2D eigenvalue weighted by Crippen LogP contribution is 2.37. The average Bonchev–Trinajstić information content (AvgIpc) is 2.64. The van der Waals surface area contributed by atoms with E-state index in [0.717, 1.165) is 0 Å². The van der Waals surface area contributed by atoms with Gasteiger partial charge in [0.05, 0.1) is 12.1 Å². The molecule has 0 bridgehead atoms. The number of halogens is 3. The number of aliphatic hydroxyl groups is 1. The first-order chi connectivity index (χ1) is 13.7. The minimum atomic E-state index is -5.77. The Morgan fingerprint density at radius 2 is 1.33 bits per heavy atom. The lowest BCUT2D eigenvalue weighted by Gasteiger charge is -2.42. The first-order valence-corrected chi connectivity index (χ1v) is 14.2. The number of rotatable bonds is 8. The molecule has 2 N–H and O–H groups in total. The summed E-state index contributed by atoms with van der Waals surface area (Å²) in [6, 6.07) is 14.3. The fourth-order valence-corrected chi connectivity index (χ4v) is 5.37. The minimum absolute atomic E-state index is 0.233. The van der Waals surface area contributed by atoms with Crippen LogP contribution in [0.3, 0.4) is 0 Å². The molecule has 0 heterocycles. The maximum absolute atomic E-state index is 13.2. The molecule has 5 nitrogen and oxygen atoms in total. The Hall–Kier alpha value is -1.72. The van der Waals surface area contributed by atoms with Crippen LogP contribution in [0, 0.1) is 0 Å². The van der Waals surface area contributed by atoms with Crippen molar-refractivity contribution in [3.63, 3.8) is 0 Å². The van der Waals surface area contributed by atoms with Gasteiger partial charge in [-0.05, 0) is 37.7 Å². The average molecular weight is 462 g/mol.